The number of fused-ring (bicyclic) bond motifs is 6. The quantitative estimate of drug-likeness (QED) is 0.173. The molecule has 2 heteroatoms. The molecule has 2 aliphatic rings. The predicted molar refractivity (Wildman–Crippen MR) is 220 cm³/mol. The van der Waals surface area contributed by atoms with Gasteiger partial charge in [0.05, 0.1) is 0 Å². The fourth-order valence-electron chi connectivity index (χ4n) is 8.70. The maximum atomic E-state index is 2.41. The minimum absolute atomic E-state index is 0.0783. The van der Waals surface area contributed by atoms with E-state index in [1.54, 1.807) is 0 Å². The van der Waals surface area contributed by atoms with Gasteiger partial charge in [-0.3, -0.25) is 0 Å². The summed E-state index contributed by atoms with van der Waals surface area (Å²) in [6.45, 7) is 13.7. The lowest BCUT2D eigenvalue weighted by Gasteiger charge is -2.30. The molecule has 0 bridgehead atoms. The molecule has 0 radical (unpaired) electrons. The van der Waals surface area contributed by atoms with Crippen molar-refractivity contribution in [1.29, 1.82) is 0 Å². The zero-order valence-electron chi connectivity index (χ0n) is 30.9. The topological polar surface area (TPSA) is 6.48 Å². The van der Waals surface area contributed by atoms with Crippen LogP contribution in [0.15, 0.2) is 158 Å². The molecule has 2 nitrogen and oxygen atoms in total. The Balaban J connectivity index is 1.15. The van der Waals surface area contributed by atoms with Crippen LogP contribution in [0.4, 0.5) is 34.1 Å². The monoisotopic (exact) mass is 672 g/mol. The molecule has 7 aromatic rings. The first-order valence-corrected chi connectivity index (χ1v) is 18.4. The summed E-state index contributed by atoms with van der Waals surface area (Å²) in [5, 5.41) is 0. The molecule has 0 spiro atoms. The highest BCUT2D eigenvalue weighted by Gasteiger charge is 2.37. The van der Waals surface area contributed by atoms with E-state index in [1.807, 2.05) is 0 Å². The van der Waals surface area contributed by atoms with E-state index < -0.39 is 0 Å². The van der Waals surface area contributed by atoms with Crippen LogP contribution in [0.2, 0.25) is 0 Å². The molecule has 7 aromatic carbocycles. The Hall–Kier alpha value is -5.86. The third kappa shape index (κ3) is 5.00. The van der Waals surface area contributed by atoms with Crippen LogP contribution in [0.1, 0.15) is 61.1 Å². The van der Waals surface area contributed by atoms with Gasteiger partial charge in [0.2, 0.25) is 0 Å². The van der Waals surface area contributed by atoms with Gasteiger partial charge in [-0.1, -0.05) is 124 Å². The van der Waals surface area contributed by atoms with Crippen LogP contribution in [0.25, 0.3) is 22.3 Å². The lowest BCUT2D eigenvalue weighted by molar-refractivity contribution is 0.660. The molecule has 0 heterocycles. The lowest BCUT2D eigenvalue weighted by Crippen LogP contribution is -2.17. The van der Waals surface area contributed by atoms with E-state index >= 15 is 0 Å². The van der Waals surface area contributed by atoms with Crippen molar-refractivity contribution in [1.82, 2.24) is 0 Å². The average Bonchev–Trinajstić information content (AvgIpc) is 3.53. The second-order valence-corrected chi connectivity index (χ2v) is 15.7. The number of nitrogens with zero attached hydrogens (tertiary/aromatic N) is 2. The molecule has 52 heavy (non-hydrogen) atoms. The molecule has 0 fully saturated rings. The number of anilines is 6. The van der Waals surface area contributed by atoms with Crippen molar-refractivity contribution < 1.29 is 0 Å². The highest BCUT2D eigenvalue weighted by molar-refractivity contribution is 5.88. The Morgan fingerprint density at radius 1 is 0.308 bits per heavy atom. The second kappa shape index (κ2) is 11.9. The summed E-state index contributed by atoms with van der Waals surface area (Å²) in [5.74, 6) is 0. The van der Waals surface area contributed by atoms with Gasteiger partial charge in [0.25, 0.3) is 0 Å². The van der Waals surface area contributed by atoms with Crippen molar-refractivity contribution >= 4 is 34.1 Å². The van der Waals surface area contributed by atoms with Gasteiger partial charge in [0.1, 0.15) is 0 Å². The smallest absolute Gasteiger partial charge is 0.0465 e. The SMILES string of the molecule is Cc1ccc(N(c2ccc(N(c3ccc(C)cc3)c3ccc4c(c3)C(C)(C)c3ccccc3-4)cc2)c2ccc3c(c2)C(C)(C)c2ccccc2-3)cc1. The van der Waals surface area contributed by atoms with Gasteiger partial charge in [0.15, 0.2) is 0 Å². The highest BCUT2D eigenvalue weighted by Crippen LogP contribution is 2.52. The molecule has 254 valence electrons. The Bertz CT molecular complexity index is 2290. The molecule has 0 aliphatic heterocycles. The van der Waals surface area contributed by atoms with Gasteiger partial charge in [-0.25, -0.2) is 0 Å². The summed E-state index contributed by atoms with van der Waals surface area (Å²) in [5.41, 5.74) is 20.1. The number of hydrogen-bond donors (Lipinski definition) is 0. The summed E-state index contributed by atoms with van der Waals surface area (Å²) in [7, 11) is 0. The van der Waals surface area contributed by atoms with E-state index in [1.165, 1.54) is 55.6 Å². The Morgan fingerprint density at radius 2 is 0.596 bits per heavy atom. The van der Waals surface area contributed by atoms with Gasteiger partial charge in [-0.2, -0.15) is 0 Å². The van der Waals surface area contributed by atoms with Gasteiger partial charge in [-0.15, -0.1) is 0 Å². The van der Waals surface area contributed by atoms with Crippen molar-refractivity contribution in [3.8, 4) is 22.3 Å². The number of rotatable bonds is 6. The van der Waals surface area contributed by atoms with Gasteiger partial charge in [0, 0.05) is 45.0 Å². The fourth-order valence-corrected chi connectivity index (χ4v) is 8.70. The average molecular weight is 673 g/mol. The third-order valence-corrected chi connectivity index (χ3v) is 11.6. The molecule has 0 saturated carbocycles. The van der Waals surface area contributed by atoms with E-state index in [0.717, 1.165) is 34.1 Å². The molecule has 2 aliphatic carbocycles. The summed E-state index contributed by atoms with van der Waals surface area (Å²) >= 11 is 0. The van der Waals surface area contributed by atoms with Crippen molar-refractivity contribution in [2.24, 2.45) is 0 Å². The molecule has 0 unspecified atom stereocenters. The van der Waals surface area contributed by atoms with Gasteiger partial charge < -0.3 is 9.80 Å². The minimum Gasteiger partial charge on any atom is -0.310 e. The molecule has 0 N–H and O–H groups in total. The first-order chi connectivity index (χ1) is 25.1. The van der Waals surface area contributed by atoms with Crippen LogP contribution in [0.3, 0.4) is 0 Å². The number of aryl methyl sites for hydroxylation is 2. The summed E-state index contributed by atoms with van der Waals surface area (Å²) < 4.78 is 0. The first-order valence-electron chi connectivity index (χ1n) is 18.4. The Morgan fingerprint density at radius 3 is 0.962 bits per heavy atom. The van der Waals surface area contributed by atoms with Crippen molar-refractivity contribution in [2.45, 2.75) is 52.4 Å². The van der Waals surface area contributed by atoms with Crippen molar-refractivity contribution in [3.05, 3.63) is 191 Å². The number of benzene rings is 7. The predicted octanol–water partition coefficient (Wildman–Crippen LogP) is 13.9. The van der Waals surface area contributed by atoms with Crippen molar-refractivity contribution in [2.75, 3.05) is 9.80 Å². The van der Waals surface area contributed by atoms with Crippen LogP contribution in [-0.2, 0) is 10.8 Å². The molecule has 0 aromatic heterocycles. The third-order valence-electron chi connectivity index (χ3n) is 11.6. The highest BCUT2D eigenvalue weighted by atomic mass is 15.2. The van der Waals surface area contributed by atoms with Crippen molar-refractivity contribution in [3.63, 3.8) is 0 Å². The molecule has 0 atom stereocenters. The normalized spacial score (nSPS) is 14.3. The maximum absolute atomic E-state index is 2.41. The molecule has 0 amide bonds. The van der Waals surface area contributed by atoms with Crippen LogP contribution >= 0.6 is 0 Å². The largest absolute Gasteiger partial charge is 0.310 e. The number of hydrogen-bond acceptors (Lipinski definition) is 2. The zero-order chi connectivity index (χ0) is 35.8. The summed E-state index contributed by atoms with van der Waals surface area (Å²) in [6, 6.07) is 58.6. The van der Waals surface area contributed by atoms with E-state index in [9.17, 15) is 0 Å². The van der Waals surface area contributed by atoms with Gasteiger partial charge >= 0.3 is 0 Å². The molecule has 0 saturated heterocycles. The van der Waals surface area contributed by atoms with Gasteiger partial charge in [-0.05, 0) is 131 Å². The maximum Gasteiger partial charge on any atom is 0.0465 e. The Kier molecular flexibility index (Phi) is 7.31. The molecule has 9 rings (SSSR count). The zero-order valence-corrected chi connectivity index (χ0v) is 30.9. The van der Waals surface area contributed by atoms with E-state index in [-0.39, 0.29) is 10.8 Å². The van der Waals surface area contributed by atoms with E-state index in [2.05, 4.69) is 209 Å². The van der Waals surface area contributed by atoms with Crippen LogP contribution in [0.5, 0.6) is 0 Å². The fraction of sp³-hybridized carbons (Fsp3) is 0.160. The van der Waals surface area contributed by atoms with Crippen LogP contribution in [0, 0.1) is 13.8 Å². The molecular formula is C50H44N2. The van der Waals surface area contributed by atoms with Crippen LogP contribution < -0.4 is 9.80 Å². The summed E-state index contributed by atoms with van der Waals surface area (Å²) in [6.07, 6.45) is 0. The summed E-state index contributed by atoms with van der Waals surface area (Å²) in [4.78, 5) is 4.79. The van der Waals surface area contributed by atoms with Crippen LogP contribution in [-0.4, -0.2) is 0 Å². The standard InChI is InChI=1S/C50H44N2/c1-33-15-19-35(20-16-33)51(39-27-29-43-41-11-7-9-13-45(41)49(3,4)47(43)31-39)37-23-25-38(26-24-37)52(36-21-17-34(2)18-22-36)40-28-30-44-42-12-8-10-14-46(42)50(5,6)48(44)32-40/h7-32H,1-6H3. The van der Waals surface area contributed by atoms with E-state index in [4.69, 9.17) is 0 Å². The second-order valence-electron chi connectivity index (χ2n) is 15.7. The van der Waals surface area contributed by atoms with E-state index in [0.29, 0.717) is 0 Å². The first kappa shape index (κ1) is 32.1. The lowest BCUT2D eigenvalue weighted by atomic mass is 9.82. The molecular weight excluding hydrogens is 629 g/mol. The minimum atomic E-state index is -0.0783. The Labute approximate surface area is 308 Å².